The zero-order valence-corrected chi connectivity index (χ0v) is 23.0. The molecule has 1 saturated heterocycles. The van der Waals surface area contributed by atoms with Crippen LogP contribution in [0, 0.1) is 10.1 Å². The van der Waals surface area contributed by atoms with Gasteiger partial charge >= 0.3 is 0 Å². The van der Waals surface area contributed by atoms with Gasteiger partial charge in [-0.2, -0.15) is 0 Å². The van der Waals surface area contributed by atoms with E-state index in [9.17, 15) is 24.8 Å². The molecule has 11 nitrogen and oxygen atoms in total. The van der Waals surface area contributed by atoms with Crippen molar-refractivity contribution in [2.45, 2.75) is 25.9 Å². The molecule has 3 aromatic rings. The number of ether oxygens (including phenoxy) is 1. The Kier molecular flexibility index (Phi) is 9.10. The Labute approximate surface area is 237 Å². The van der Waals surface area contributed by atoms with Crippen LogP contribution in [-0.4, -0.2) is 71.4 Å². The van der Waals surface area contributed by atoms with Gasteiger partial charge < -0.3 is 25.8 Å². The molecule has 4 rings (SSSR count). The lowest BCUT2D eigenvalue weighted by Gasteiger charge is -2.27. The second-order valence-corrected chi connectivity index (χ2v) is 10.4. The first-order chi connectivity index (χ1) is 19.5. The first-order valence-corrected chi connectivity index (χ1v) is 13.2. The molecule has 0 saturated carbocycles. The largest absolute Gasteiger partial charge is 0.398 e. The summed E-state index contributed by atoms with van der Waals surface area (Å²) in [5.41, 5.74) is 8.44. The van der Waals surface area contributed by atoms with Gasteiger partial charge in [0.05, 0.1) is 23.7 Å². The topological polar surface area (TPSA) is 160 Å². The van der Waals surface area contributed by atoms with Crippen LogP contribution >= 0.6 is 0 Å². The summed E-state index contributed by atoms with van der Waals surface area (Å²) in [6, 6.07) is 15.9. The Morgan fingerprint density at radius 3 is 2.54 bits per heavy atom. The van der Waals surface area contributed by atoms with Crippen molar-refractivity contribution in [1.29, 1.82) is 0 Å². The number of rotatable bonds is 9. The van der Waals surface area contributed by atoms with Crippen molar-refractivity contribution in [3.63, 3.8) is 0 Å². The molecule has 1 fully saturated rings. The van der Waals surface area contributed by atoms with Crippen LogP contribution in [-0.2, 0) is 4.74 Å². The fourth-order valence-corrected chi connectivity index (χ4v) is 4.31. The second kappa shape index (κ2) is 12.7. The Hall–Kier alpha value is -4.61. The van der Waals surface area contributed by atoms with Crippen molar-refractivity contribution in [2.24, 2.45) is 4.99 Å². The molecule has 41 heavy (non-hydrogen) atoms. The Morgan fingerprint density at radius 1 is 1.12 bits per heavy atom. The highest BCUT2D eigenvalue weighted by molar-refractivity contribution is 6.08. The molecular formula is C30H33N5O6. The highest BCUT2D eigenvalue weighted by Crippen LogP contribution is 2.33. The van der Waals surface area contributed by atoms with Gasteiger partial charge in [-0.25, -0.2) is 0 Å². The van der Waals surface area contributed by atoms with E-state index >= 15 is 0 Å². The van der Waals surface area contributed by atoms with Crippen LogP contribution in [0.5, 0.6) is 0 Å². The zero-order valence-electron chi connectivity index (χ0n) is 23.0. The van der Waals surface area contributed by atoms with Crippen LogP contribution in [0.25, 0.3) is 11.1 Å². The summed E-state index contributed by atoms with van der Waals surface area (Å²) in [4.78, 5) is 43.1. The zero-order chi connectivity index (χ0) is 29.6. The number of hydrogen-bond donors (Lipinski definition) is 3. The molecule has 2 amide bonds. The standard InChI is InChI=1S/C30H33N5O6/c1-30(2,38)9-10-32-19-23-17-27(33-28(36)21-6-4-8-24(16-21)35(39)40)25(18-26(23)31)20-5-3-7-22(15-20)29(37)34-11-13-41-14-12-34/h3-8,15-19,38H,9-14,31H2,1-2H3,(H,33,36). The van der Waals surface area contributed by atoms with E-state index in [-0.39, 0.29) is 17.2 Å². The maximum atomic E-state index is 13.2. The molecule has 0 bridgehead atoms. The first kappa shape index (κ1) is 29.4. The van der Waals surface area contributed by atoms with E-state index in [0.29, 0.717) is 72.9 Å². The second-order valence-electron chi connectivity index (χ2n) is 10.4. The van der Waals surface area contributed by atoms with Gasteiger partial charge in [0, 0.05) is 71.6 Å². The number of nitrogens with one attached hydrogen (secondary N) is 1. The van der Waals surface area contributed by atoms with Crippen LogP contribution in [0.1, 0.15) is 46.5 Å². The quantitative estimate of drug-likeness (QED) is 0.154. The molecule has 0 aliphatic carbocycles. The van der Waals surface area contributed by atoms with Gasteiger partial charge in [0.1, 0.15) is 0 Å². The number of morpholine rings is 1. The normalized spacial score (nSPS) is 13.8. The minimum Gasteiger partial charge on any atom is -0.398 e. The predicted octanol–water partition coefficient (Wildman–Crippen LogP) is 4.15. The lowest BCUT2D eigenvalue weighted by molar-refractivity contribution is -0.384. The smallest absolute Gasteiger partial charge is 0.270 e. The average molecular weight is 560 g/mol. The molecule has 1 aliphatic heterocycles. The summed E-state index contributed by atoms with van der Waals surface area (Å²) in [6.45, 7) is 5.73. The van der Waals surface area contributed by atoms with Crippen LogP contribution < -0.4 is 11.1 Å². The SMILES string of the molecule is CC(C)(O)CCN=Cc1cc(NC(=O)c2cccc([N+](=O)[O-])c2)c(-c2cccc(C(=O)N3CCOCC3)c2)cc1N. The maximum Gasteiger partial charge on any atom is 0.270 e. The van der Waals surface area contributed by atoms with E-state index in [1.807, 2.05) is 6.07 Å². The lowest BCUT2D eigenvalue weighted by Crippen LogP contribution is -2.40. The number of nitro groups is 1. The van der Waals surface area contributed by atoms with E-state index in [1.165, 1.54) is 24.3 Å². The van der Waals surface area contributed by atoms with E-state index < -0.39 is 16.4 Å². The van der Waals surface area contributed by atoms with Gasteiger partial charge in [-0.1, -0.05) is 18.2 Å². The Balaban J connectivity index is 1.71. The van der Waals surface area contributed by atoms with Gasteiger partial charge in [0.15, 0.2) is 0 Å². The van der Waals surface area contributed by atoms with Crippen molar-refractivity contribution in [3.05, 3.63) is 87.5 Å². The van der Waals surface area contributed by atoms with Crippen molar-refractivity contribution in [2.75, 3.05) is 43.9 Å². The van der Waals surface area contributed by atoms with Gasteiger partial charge in [-0.05, 0) is 56.2 Å². The third-order valence-corrected chi connectivity index (χ3v) is 6.59. The minimum atomic E-state index is -0.867. The number of carbonyl (C=O) groups is 2. The van der Waals surface area contributed by atoms with Crippen LogP contribution in [0.3, 0.4) is 0 Å². The van der Waals surface area contributed by atoms with Crippen LogP contribution in [0.4, 0.5) is 17.1 Å². The third-order valence-electron chi connectivity index (χ3n) is 6.59. The van der Waals surface area contributed by atoms with E-state index in [4.69, 9.17) is 10.5 Å². The number of non-ortho nitro benzene ring substituents is 1. The van der Waals surface area contributed by atoms with Crippen molar-refractivity contribution < 1.29 is 24.4 Å². The van der Waals surface area contributed by atoms with E-state index in [2.05, 4.69) is 10.3 Å². The highest BCUT2D eigenvalue weighted by atomic mass is 16.6. The molecule has 3 aromatic carbocycles. The molecule has 0 radical (unpaired) electrons. The minimum absolute atomic E-state index is 0.110. The van der Waals surface area contributed by atoms with Crippen molar-refractivity contribution >= 4 is 35.1 Å². The van der Waals surface area contributed by atoms with Gasteiger partial charge in [0.2, 0.25) is 0 Å². The summed E-state index contributed by atoms with van der Waals surface area (Å²) in [5, 5.41) is 24.1. The van der Waals surface area contributed by atoms with E-state index in [1.54, 1.807) is 55.3 Å². The number of aliphatic imine (C=N–C) groups is 1. The van der Waals surface area contributed by atoms with Crippen molar-refractivity contribution in [3.8, 4) is 11.1 Å². The number of nitrogen functional groups attached to an aromatic ring is 1. The molecule has 0 spiro atoms. The van der Waals surface area contributed by atoms with Crippen molar-refractivity contribution in [1.82, 2.24) is 4.90 Å². The number of benzene rings is 3. The fraction of sp³-hybridized carbons (Fsp3) is 0.300. The summed E-state index contributed by atoms with van der Waals surface area (Å²) >= 11 is 0. The molecule has 1 heterocycles. The van der Waals surface area contributed by atoms with Crippen LogP contribution in [0.15, 0.2) is 65.7 Å². The predicted molar refractivity (Wildman–Crippen MR) is 157 cm³/mol. The summed E-state index contributed by atoms with van der Waals surface area (Å²) in [5.74, 6) is -0.675. The number of carbonyl (C=O) groups excluding carboxylic acids is 2. The molecule has 0 aromatic heterocycles. The summed E-state index contributed by atoms with van der Waals surface area (Å²) in [7, 11) is 0. The van der Waals surface area contributed by atoms with Gasteiger partial charge in [0.25, 0.3) is 17.5 Å². The molecule has 0 unspecified atom stereocenters. The highest BCUT2D eigenvalue weighted by Gasteiger charge is 2.20. The number of nitro benzene ring substituents is 1. The number of anilines is 2. The number of nitrogens with two attached hydrogens (primary N) is 1. The molecule has 4 N–H and O–H groups in total. The summed E-state index contributed by atoms with van der Waals surface area (Å²) < 4.78 is 5.36. The molecule has 11 heteroatoms. The van der Waals surface area contributed by atoms with Gasteiger partial charge in [-0.3, -0.25) is 24.7 Å². The molecule has 1 aliphatic rings. The maximum absolute atomic E-state index is 13.2. The number of amides is 2. The molecular weight excluding hydrogens is 526 g/mol. The monoisotopic (exact) mass is 559 g/mol. The summed E-state index contributed by atoms with van der Waals surface area (Å²) in [6.07, 6.45) is 2.02. The first-order valence-electron chi connectivity index (χ1n) is 13.2. The number of nitrogens with zero attached hydrogens (tertiary/aromatic N) is 3. The average Bonchev–Trinajstić information content (AvgIpc) is 2.96. The molecule has 0 atom stereocenters. The number of aliphatic hydroxyl groups is 1. The van der Waals surface area contributed by atoms with E-state index in [0.717, 1.165) is 0 Å². The van der Waals surface area contributed by atoms with Gasteiger partial charge in [-0.15, -0.1) is 0 Å². The van der Waals surface area contributed by atoms with Crippen LogP contribution in [0.2, 0.25) is 0 Å². The molecule has 214 valence electrons. The Bertz CT molecular complexity index is 1470. The fourth-order valence-electron chi connectivity index (χ4n) is 4.31. The Morgan fingerprint density at radius 2 is 1.83 bits per heavy atom. The lowest BCUT2D eigenvalue weighted by atomic mass is 9.97. The third kappa shape index (κ3) is 7.74. The number of hydrogen-bond acceptors (Lipinski definition) is 8.